The fraction of sp³-hybridized carbons (Fsp3) is 0.524. The van der Waals surface area contributed by atoms with E-state index in [1.54, 1.807) is 13.8 Å². The molecule has 2 aliphatic rings. The number of nitrogens with one attached hydrogen (secondary N) is 2. The van der Waals surface area contributed by atoms with Crippen LogP contribution in [0.15, 0.2) is 29.2 Å². The summed E-state index contributed by atoms with van der Waals surface area (Å²) in [5.41, 5.74) is 4.43. The molecule has 1 aliphatic heterocycles. The summed E-state index contributed by atoms with van der Waals surface area (Å²) >= 11 is 0. The Morgan fingerprint density at radius 1 is 1.03 bits per heavy atom. The molecule has 174 valence electrons. The van der Waals surface area contributed by atoms with Crippen LogP contribution in [0.5, 0.6) is 0 Å². The van der Waals surface area contributed by atoms with Crippen molar-refractivity contribution < 1.29 is 27.6 Å². The first kappa shape index (κ1) is 23.9. The molecule has 1 saturated heterocycles. The topological polar surface area (TPSA) is 133 Å². The van der Waals surface area contributed by atoms with Crippen LogP contribution in [0, 0.1) is 11.8 Å². The van der Waals surface area contributed by atoms with Crippen molar-refractivity contribution in [3.05, 3.63) is 29.8 Å². The minimum atomic E-state index is -3.74. The summed E-state index contributed by atoms with van der Waals surface area (Å²) in [7, 11) is -3.74. The first-order valence-electron chi connectivity index (χ1n) is 10.7. The first-order chi connectivity index (χ1) is 15.2. The van der Waals surface area contributed by atoms with Gasteiger partial charge in [0.1, 0.15) is 6.54 Å². The summed E-state index contributed by atoms with van der Waals surface area (Å²) < 4.78 is 26.6. The lowest BCUT2D eigenvalue weighted by Gasteiger charge is -2.19. The third-order valence-electron chi connectivity index (χ3n) is 5.99. The summed E-state index contributed by atoms with van der Waals surface area (Å²) in [5.74, 6) is -2.82. The van der Waals surface area contributed by atoms with Crippen molar-refractivity contribution in [2.24, 2.45) is 11.8 Å². The fourth-order valence-electron chi connectivity index (χ4n) is 4.28. The minimum Gasteiger partial charge on any atom is -0.274 e. The molecule has 1 aromatic carbocycles. The van der Waals surface area contributed by atoms with Gasteiger partial charge in [0, 0.05) is 18.7 Å². The molecule has 1 saturated carbocycles. The van der Waals surface area contributed by atoms with E-state index in [4.69, 9.17) is 0 Å². The van der Waals surface area contributed by atoms with Crippen molar-refractivity contribution in [1.82, 2.24) is 20.1 Å². The van der Waals surface area contributed by atoms with Crippen molar-refractivity contribution in [3.8, 4) is 0 Å². The quantitative estimate of drug-likeness (QED) is 0.450. The van der Waals surface area contributed by atoms with E-state index in [1.807, 2.05) is 0 Å². The van der Waals surface area contributed by atoms with E-state index in [-0.39, 0.29) is 34.1 Å². The number of imide groups is 1. The molecule has 32 heavy (non-hydrogen) atoms. The van der Waals surface area contributed by atoms with Gasteiger partial charge in [0.05, 0.1) is 16.7 Å². The summed E-state index contributed by atoms with van der Waals surface area (Å²) in [6, 6.07) is 5.48. The Labute approximate surface area is 187 Å². The number of hydrogen-bond donors (Lipinski definition) is 2. The third kappa shape index (κ3) is 4.68. The number of hydrogen-bond acceptors (Lipinski definition) is 6. The van der Waals surface area contributed by atoms with Crippen LogP contribution in [0.3, 0.4) is 0 Å². The number of carbonyl (C=O) groups is 4. The van der Waals surface area contributed by atoms with Gasteiger partial charge in [0.2, 0.25) is 21.8 Å². The van der Waals surface area contributed by atoms with Crippen molar-refractivity contribution in [2.75, 3.05) is 19.6 Å². The van der Waals surface area contributed by atoms with Gasteiger partial charge >= 0.3 is 0 Å². The highest BCUT2D eigenvalue weighted by atomic mass is 32.2. The Balaban J connectivity index is 1.61. The van der Waals surface area contributed by atoms with Crippen LogP contribution in [-0.2, 0) is 24.4 Å². The fourth-order valence-corrected chi connectivity index (χ4v) is 5.78. The largest absolute Gasteiger partial charge is 0.274 e. The van der Waals surface area contributed by atoms with Gasteiger partial charge in [-0.05, 0) is 31.0 Å². The van der Waals surface area contributed by atoms with Gasteiger partial charge in [-0.1, -0.05) is 32.8 Å². The van der Waals surface area contributed by atoms with Gasteiger partial charge < -0.3 is 0 Å². The van der Waals surface area contributed by atoms with Crippen molar-refractivity contribution in [3.63, 3.8) is 0 Å². The van der Waals surface area contributed by atoms with Crippen LogP contribution in [0.2, 0.25) is 0 Å². The van der Waals surface area contributed by atoms with Crippen molar-refractivity contribution in [1.29, 1.82) is 0 Å². The predicted molar refractivity (Wildman–Crippen MR) is 114 cm³/mol. The van der Waals surface area contributed by atoms with Crippen molar-refractivity contribution >= 4 is 33.7 Å². The molecule has 2 fully saturated rings. The maximum Gasteiger partial charge on any atom is 0.269 e. The number of nitrogens with zero attached hydrogens (tertiary/aromatic N) is 2. The number of fused-ring (bicyclic) bond motifs is 1. The first-order valence-corrected chi connectivity index (χ1v) is 12.2. The molecule has 10 nitrogen and oxygen atoms in total. The van der Waals surface area contributed by atoms with Gasteiger partial charge in [0.15, 0.2) is 0 Å². The summed E-state index contributed by atoms with van der Waals surface area (Å²) in [4.78, 5) is 50.5. The zero-order valence-corrected chi connectivity index (χ0v) is 19.0. The zero-order valence-electron chi connectivity index (χ0n) is 18.2. The number of sulfonamides is 1. The maximum absolute atomic E-state index is 12.7. The SMILES string of the molecule is CCN(CC)S(=O)(=O)c1cccc(C(=O)NNC(=O)CN2C(=O)[C@H]3CCCC[C@H]3C2=O)c1. The number of likely N-dealkylation sites (tertiary alicyclic amines) is 1. The summed E-state index contributed by atoms with van der Waals surface area (Å²) in [6.07, 6.45) is 3.08. The zero-order chi connectivity index (χ0) is 23.5. The molecule has 0 bridgehead atoms. The molecule has 0 aromatic heterocycles. The normalized spacial score (nSPS) is 20.9. The van der Waals surface area contributed by atoms with E-state index in [2.05, 4.69) is 10.9 Å². The van der Waals surface area contributed by atoms with Crippen molar-refractivity contribution in [2.45, 2.75) is 44.4 Å². The smallest absolute Gasteiger partial charge is 0.269 e. The van der Waals surface area contributed by atoms with E-state index in [0.29, 0.717) is 25.9 Å². The lowest BCUT2D eigenvalue weighted by atomic mass is 9.81. The van der Waals surface area contributed by atoms with Gasteiger partial charge in [0.25, 0.3) is 11.8 Å². The van der Waals surface area contributed by atoms with E-state index < -0.39 is 28.4 Å². The Morgan fingerprint density at radius 2 is 1.62 bits per heavy atom. The molecule has 2 N–H and O–H groups in total. The van der Waals surface area contributed by atoms with Crippen LogP contribution in [0.1, 0.15) is 49.9 Å². The summed E-state index contributed by atoms with van der Waals surface area (Å²) in [5, 5.41) is 0. The molecule has 1 heterocycles. The third-order valence-corrected chi connectivity index (χ3v) is 8.03. The second-order valence-corrected chi connectivity index (χ2v) is 9.82. The highest BCUT2D eigenvalue weighted by Crippen LogP contribution is 2.37. The van der Waals surface area contributed by atoms with Crippen LogP contribution in [0.25, 0.3) is 0 Å². The highest BCUT2D eigenvalue weighted by molar-refractivity contribution is 7.89. The molecule has 11 heteroatoms. The number of amides is 4. The van der Waals surface area contributed by atoms with E-state index >= 15 is 0 Å². The van der Waals surface area contributed by atoms with Crippen LogP contribution < -0.4 is 10.9 Å². The Bertz CT molecular complexity index is 997. The Morgan fingerprint density at radius 3 is 2.19 bits per heavy atom. The van der Waals surface area contributed by atoms with E-state index in [1.165, 1.54) is 28.6 Å². The number of benzene rings is 1. The lowest BCUT2D eigenvalue weighted by molar-refractivity contribution is -0.143. The molecular formula is C21H28N4O6S. The number of rotatable bonds is 7. The average molecular weight is 465 g/mol. The number of carbonyl (C=O) groups excluding carboxylic acids is 4. The Kier molecular flexibility index (Phi) is 7.29. The van der Waals surface area contributed by atoms with Gasteiger partial charge in [-0.15, -0.1) is 0 Å². The average Bonchev–Trinajstić information content (AvgIpc) is 3.03. The molecule has 0 radical (unpaired) electrons. The molecule has 2 atom stereocenters. The standard InChI is InChI=1S/C21H28N4O6S/c1-3-24(4-2)32(30,31)15-9-7-8-14(12-15)19(27)23-22-18(26)13-25-20(28)16-10-5-6-11-17(16)21(25)29/h7-9,12,16-17H,3-6,10-11,13H2,1-2H3,(H,22,26)(H,23,27)/t16-,17+. The maximum atomic E-state index is 12.7. The lowest BCUT2D eigenvalue weighted by Crippen LogP contribution is -2.48. The van der Waals surface area contributed by atoms with Crippen LogP contribution in [0.4, 0.5) is 0 Å². The summed E-state index contributed by atoms with van der Waals surface area (Å²) in [6.45, 7) is 3.55. The predicted octanol–water partition coefficient (Wildman–Crippen LogP) is 0.653. The molecular weight excluding hydrogens is 436 g/mol. The van der Waals surface area contributed by atoms with Gasteiger partial charge in [-0.3, -0.25) is 34.9 Å². The molecule has 1 aromatic rings. The van der Waals surface area contributed by atoms with Crippen LogP contribution >= 0.6 is 0 Å². The van der Waals surface area contributed by atoms with Gasteiger partial charge in [-0.25, -0.2) is 8.42 Å². The highest BCUT2D eigenvalue weighted by Gasteiger charge is 2.48. The number of hydrazine groups is 1. The van der Waals surface area contributed by atoms with E-state index in [9.17, 15) is 27.6 Å². The molecule has 4 amide bonds. The van der Waals surface area contributed by atoms with E-state index in [0.717, 1.165) is 17.7 Å². The molecule has 3 rings (SSSR count). The van der Waals surface area contributed by atoms with Crippen LogP contribution in [-0.4, -0.2) is 60.9 Å². The second kappa shape index (κ2) is 9.78. The monoisotopic (exact) mass is 464 g/mol. The minimum absolute atomic E-state index is 0.0314. The van der Waals surface area contributed by atoms with Gasteiger partial charge in [-0.2, -0.15) is 4.31 Å². The Hall–Kier alpha value is -2.79. The molecule has 0 unspecified atom stereocenters. The molecule has 1 aliphatic carbocycles. The molecule has 0 spiro atoms. The second-order valence-electron chi connectivity index (χ2n) is 7.88.